The van der Waals surface area contributed by atoms with Crippen molar-refractivity contribution in [2.75, 3.05) is 25.5 Å². The first-order valence-corrected chi connectivity index (χ1v) is 12.5. The number of hydrogen-bond donors (Lipinski definition) is 2. The Morgan fingerprint density at radius 1 is 0.971 bits per heavy atom. The lowest BCUT2D eigenvalue weighted by Gasteiger charge is -2.17. The molecule has 3 aromatic carbocycles. The third-order valence-electron chi connectivity index (χ3n) is 5.21. The van der Waals surface area contributed by atoms with Crippen molar-refractivity contribution < 1.29 is 27.4 Å². The van der Waals surface area contributed by atoms with Crippen molar-refractivity contribution in [1.82, 2.24) is 5.32 Å². The molecule has 1 atom stereocenters. The molecular weight excluding hydrogens is 492 g/mol. The number of rotatable bonds is 10. The fraction of sp³-hybridized carbons (Fsp3) is 0.240. The van der Waals surface area contributed by atoms with Crippen molar-refractivity contribution in [1.29, 1.82) is 0 Å². The first-order valence-electron chi connectivity index (χ1n) is 10.7. The molecule has 3 rings (SSSR count). The molecule has 0 bridgehead atoms. The van der Waals surface area contributed by atoms with Crippen LogP contribution in [0.3, 0.4) is 0 Å². The smallest absolute Gasteiger partial charge is 0.261 e. The summed E-state index contributed by atoms with van der Waals surface area (Å²) in [6.45, 7) is 3.44. The van der Waals surface area contributed by atoms with Crippen LogP contribution in [0, 0.1) is 6.92 Å². The van der Waals surface area contributed by atoms with Gasteiger partial charge in [-0.3, -0.25) is 9.52 Å². The van der Waals surface area contributed by atoms with E-state index in [1.54, 1.807) is 44.6 Å². The van der Waals surface area contributed by atoms with E-state index < -0.39 is 10.0 Å². The Morgan fingerprint density at radius 3 is 2.29 bits per heavy atom. The summed E-state index contributed by atoms with van der Waals surface area (Å²) < 4.78 is 43.8. The Labute approximate surface area is 210 Å². The number of carbonyl (C=O) groups is 1. The SMILES string of the molecule is COc1ccc([C@H](C)NC(=O)COc2ccc(S(=O)(=O)Nc3ccc(C)c(Cl)c3)cc2)cc1OC. The molecule has 2 N–H and O–H groups in total. The average Bonchev–Trinajstić information content (AvgIpc) is 2.84. The van der Waals surface area contributed by atoms with E-state index in [-0.39, 0.29) is 23.5 Å². The number of benzene rings is 3. The maximum Gasteiger partial charge on any atom is 0.261 e. The minimum atomic E-state index is -3.81. The van der Waals surface area contributed by atoms with Gasteiger partial charge in [0.05, 0.1) is 30.8 Å². The van der Waals surface area contributed by atoms with Gasteiger partial charge in [-0.15, -0.1) is 0 Å². The van der Waals surface area contributed by atoms with Gasteiger partial charge in [-0.05, 0) is 73.5 Å². The summed E-state index contributed by atoms with van der Waals surface area (Å²) in [6.07, 6.45) is 0. The Bertz CT molecular complexity index is 1300. The van der Waals surface area contributed by atoms with Gasteiger partial charge in [-0.2, -0.15) is 0 Å². The van der Waals surface area contributed by atoms with Gasteiger partial charge in [0.25, 0.3) is 15.9 Å². The number of nitrogens with one attached hydrogen (secondary N) is 2. The number of halogens is 1. The second-order valence-corrected chi connectivity index (χ2v) is 9.82. The summed E-state index contributed by atoms with van der Waals surface area (Å²) in [4.78, 5) is 12.4. The molecule has 0 aromatic heterocycles. The largest absolute Gasteiger partial charge is 0.493 e. The fourth-order valence-electron chi connectivity index (χ4n) is 3.22. The van der Waals surface area contributed by atoms with Crippen LogP contribution >= 0.6 is 11.6 Å². The molecule has 0 aliphatic rings. The molecule has 10 heteroatoms. The number of hydrogen-bond acceptors (Lipinski definition) is 6. The number of carbonyl (C=O) groups excluding carboxylic acids is 1. The van der Waals surface area contributed by atoms with Crippen LogP contribution in [0.25, 0.3) is 0 Å². The summed E-state index contributed by atoms with van der Waals surface area (Å²) in [5.74, 6) is 1.19. The predicted octanol–water partition coefficient (Wildman–Crippen LogP) is 4.72. The summed E-state index contributed by atoms with van der Waals surface area (Å²) in [5.41, 5.74) is 2.05. The van der Waals surface area contributed by atoms with Gasteiger partial charge < -0.3 is 19.5 Å². The van der Waals surface area contributed by atoms with Crippen LogP contribution in [0.1, 0.15) is 24.1 Å². The minimum Gasteiger partial charge on any atom is -0.493 e. The van der Waals surface area contributed by atoms with Crippen LogP contribution in [0.2, 0.25) is 5.02 Å². The quantitative estimate of drug-likeness (QED) is 0.402. The highest BCUT2D eigenvalue weighted by molar-refractivity contribution is 7.92. The number of methoxy groups -OCH3 is 2. The van der Waals surface area contributed by atoms with Gasteiger partial charge in [-0.1, -0.05) is 23.7 Å². The molecule has 0 unspecified atom stereocenters. The molecule has 8 nitrogen and oxygen atoms in total. The zero-order valence-corrected chi connectivity index (χ0v) is 21.4. The average molecular weight is 519 g/mol. The molecule has 186 valence electrons. The molecule has 0 aliphatic heterocycles. The zero-order chi connectivity index (χ0) is 25.6. The summed E-state index contributed by atoms with van der Waals surface area (Å²) in [6, 6.07) is 15.8. The van der Waals surface area contributed by atoms with E-state index in [0.29, 0.717) is 28.0 Å². The Kier molecular flexibility index (Phi) is 8.48. The van der Waals surface area contributed by atoms with Crippen LogP contribution in [0.15, 0.2) is 65.6 Å². The highest BCUT2D eigenvalue weighted by Crippen LogP contribution is 2.30. The predicted molar refractivity (Wildman–Crippen MR) is 135 cm³/mol. The molecule has 0 fully saturated rings. The fourth-order valence-corrected chi connectivity index (χ4v) is 4.45. The Hall–Kier alpha value is -3.43. The van der Waals surface area contributed by atoms with E-state index >= 15 is 0 Å². The minimum absolute atomic E-state index is 0.0491. The van der Waals surface area contributed by atoms with E-state index in [1.807, 2.05) is 19.9 Å². The zero-order valence-electron chi connectivity index (χ0n) is 19.8. The van der Waals surface area contributed by atoms with Gasteiger partial charge in [0, 0.05) is 5.02 Å². The first kappa shape index (κ1) is 26.2. The van der Waals surface area contributed by atoms with Crippen LogP contribution in [-0.4, -0.2) is 35.2 Å². The van der Waals surface area contributed by atoms with E-state index in [1.165, 1.54) is 24.3 Å². The number of anilines is 1. The third-order valence-corrected chi connectivity index (χ3v) is 7.02. The van der Waals surface area contributed by atoms with Crippen molar-refractivity contribution in [3.63, 3.8) is 0 Å². The summed E-state index contributed by atoms with van der Waals surface area (Å²) in [7, 11) is -0.712. The van der Waals surface area contributed by atoms with Crippen molar-refractivity contribution in [2.45, 2.75) is 24.8 Å². The molecule has 0 aliphatic carbocycles. The second kappa shape index (κ2) is 11.3. The van der Waals surface area contributed by atoms with E-state index in [2.05, 4.69) is 10.0 Å². The van der Waals surface area contributed by atoms with Crippen molar-refractivity contribution in [3.8, 4) is 17.2 Å². The van der Waals surface area contributed by atoms with Crippen molar-refractivity contribution >= 4 is 33.2 Å². The van der Waals surface area contributed by atoms with Gasteiger partial charge in [0.1, 0.15) is 5.75 Å². The van der Waals surface area contributed by atoms with Crippen molar-refractivity contribution in [2.24, 2.45) is 0 Å². The maximum atomic E-state index is 12.6. The Morgan fingerprint density at radius 2 is 1.66 bits per heavy atom. The van der Waals surface area contributed by atoms with Crippen LogP contribution in [0.4, 0.5) is 5.69 Å². The summed E-state index contributed by atoms with van der Waals surface area (Å²) in [5, 5.41) is 3.32. The third kappa shape index (κ3) is 6.80. The van der Waals surface area contributed by atoms with Crippen LogP contribution in [0.5, 0.6) is 17.2 Å². The monoisotopic (exact) mass is 518 g/mol. The van der Waals surface area contributed by atoms with E-state index in [0.717, 1.165) is 11.1 Å². The van der Waals surface area contributed by atoms with Gasteiger partial charge in [-0.25, -0.2) is 8.42 Å². The number of sulfonamides is 1. The normalized spacial score (nSPS) is 11.9. The molecule has 0 saturated carbocycles. The molecule has 35 heavy (non-hydrogen) atoms. The molecule has 0 heterocycles. The number of amides is 1. The van der Waals surface area contributed by atoms with E-state index in [9.17, 15) is 13.2 Å². The topological polar surface area (TPSA) is 103 Å². The van der Waals surface area contributed by atoms with Gasteiger partial charge in [0.2, 0.25) is 0 Å². The first-order chi connectivity index (χ1) is 16.6. The van der Waals surface area contributed by atoms with Crippen LogP contribution in [-0.2, 0) is 14.8 Å². The lowest BCUT2D eigenvalue weighted by molar-refractivity contribution is -0.123. The van der Waals surface area contributed by atoms with E-state index in [4.69, 9.17) is 25.8 Å². The molecule has 3 aromatic rings. The van der Waals surface area contributed by atoms with Crippen molar-refractivity contribution in [3.05, 3.63) is 76.8 Å². The molecule has 0 spiro atoms. The maximum absolute atomic E-state index is 12.6. The molecule has 0 saturated heterocycles. The lowest BCUT2D eigenvalue weighted by Crippen LogP contribution is -2.31. The molecule has 1 amide bonds. The van der Waals surface area contributed by atoms with Gasteiger partial charge >= 0.3 is 0 Å². The summed E-state index contributed by atoms with van der Waals surface area (Å²) >= 11 is 6.07. The number of aryl methyl sites for hydroxylation is 1. The van der Waals surface area contributed by atoms with Gasteiger partial charge in [0.15, 0.2) is 18.1 Å². The van der Waals surface area contributed by atoms with Crippen LogP contribution < -0.4 is 24.2 Å². The highest BCUT2D eigenvalue weighted by Gasteiger charge is 2.16. The molecular formula is C25H27ClN2O6S. The number of ether oxygens (including phenoxy) is 3. The standard InChI is InChI=1S/C25H27ClN2O6S/c1-16-5-7-19(14-22(16)26)28-35(30,31)21-10-8-20(9-11-21)34-15-25(29)27-17(2)18-6-12-23(32-3)24(13-18)33-4/h5-14,17,28H,15H2,1-4H3,(H,27,29)/t17-/m0/s1. The lowest BCUT2D eigenvalue weighted by atomic mass is 10.1. The second-order valence-electron chi connectivity index (χ2n) is 7.73. The Balaban J connectivity index is 1.56. The molecule has 0 radical (unpaired) electrons. The highest BCUT2D eigenvalue weighted by atomic mass is 35.5.